The Morgan fingerprint density at radius 3 is 2.62 bits per heavy atom. The molecule has 2 atom stereocenters. The number of amides is 1. The molecule has 0 aromatic heterocycles. The Morgan fingerprint density at radius 2 is 2.04 bits per heavy atom. The second-order valence-corrected chi connectivity index (χ2v) is 9.75. The summed E-state index contributed by atoms with van der Waals surface area (Å²) in [4.78, 5) is 12.4. The number of hydrogen-bond acceptors (Lipinski definition) is 5. The van der Waals surface area contributed by atoms with E-state index in [1.165, 1.54) is 7.11 Å². The van der Waals surface area contributed by atoms with Gasteiger partial charge < -0.3 is 19.7 Å². The highest BCUT2D eigenvalue weighted by Gasteiger charge is 2.53. The molecule has 24 heavy (non-hydrogen) atoms. The summed E-state index contributed by atoms with van der Waals surface area (Å²) in [5.74, 6) is 0. The van der Waals surface area contributed by atoms with Crippen molar-refractivity contribution in [2.45, 2.75) is 50.9 Å². The highest BCUT2D eigenvalue weighted by atomic mass is 31.2. The molecule has 0 aliphatic heterocycles. The zero-order valence-corrected chi connectivity index (χ0v) is 15.6. The van der Waals surface area contributed by atoms with Crippen LogP contribution in [0.25, 0.3) is 0 Å². The van der Waals surface area contributed by atoms with E-state index in [-0.39, 0.29) is 0 Å². The summed E-state index contributed by atoms with van der Waals surface area (Å²) < 4.78 is 24.0. The van der Waals surface area contributed by atoms with Crippen LogP contribution in [0.2, 0.25) is 0 Å². The van der Waals surface area contributed by atoms with Gasteiger partial charge in [-0.15, -0.1) is 0 Å². The monoisotopic (exact) mass is 355 g/mol. The van der Waals surface area contributed by atoms with E-state index in [4.69, 9.17) is 9.26 Å². The molecule has 1 amide bonds. The molecule has 2 unspecified atom stereocenters. The van der Waals surface area contributed by atoms with Crippen molar-refractivity contribution in [2.24, 2.45) is 0 Å². The van der Waals surface area contributed by atoms with Crippen LogP contribution in [0.4, 0.5) is 4.79 Å². The fraction of sp³-hybridized carbons (Fsp3) is 0.588. The van der Waals surface area contributed by atoms with Gasteiger partial charge in [-0.3, -0.25) is 4.57 Å². The SMILES string of the molecule is COP(=O)(CO)C1(NC(=O)OC(C)(C)C)CCCc2ccccc21. The molecule has 0 spiro atoms. The predicted octanol–water partition coefficient (Wildman–Crippen LogP) is 3.57. The van der Waals surface area contributed by atoms with E-state index >= 15 is 0 Å². The van der Waals surface area contributed by atoms with Gasteiger partial charge in [0.15, 0.2) is 0 Å². The Hall–Kier alpha value is -1.36. The van der Waals surface area contributed by atoms with Crippen molar-refractivity contribution in [1.82, 2.24) is 5.32 Å². The summed E-state index contributed by atoms with van der Waals surface area (Å²) in [6.07, 6.45) is 0.621. The van der Waals surface area contributed by atoms with Crippen LogP contribution in [0.15, 0.2) is 24.3 Å². The van der Waals surface area contributed by atoms with E-state index in [1.54, 1.807) is 20.8 Å². The molecular formula is C17H26NO5P. The topological polar surface area (TPSA) is 84.9 Å². The molecule has 1 aromatic rings. The number of carbonyl (C=O) groups is 1. The molecule has 6 nitrogen and oxygen atoms in total. The number of hydrogen-bond donors (Lipinski definition) is 2. The lowest BCUT2D eigenvalue weighted by molar-refractivity contribution is 0.0471. The van der Waals surface area contributed by atoms with Crippen molar-refractivity contribution in [3.63, 3.8) is 0 Å². The minimum atomic E-state index is -3.60. The van der Waals surface area contributed by atoms with Gasteiger partial charge >= 0.3 is 6.09 Å². The first kappa shape index (κ1) is 19.0. The molecule has 0 saturated heterocycles. The third-order valence-electron chi connectivity index (χ3n) is 4.22. The molecule has 1 aromatic carbocycles. The van der Waals surface area contributed by atoms with E-state index in [0.29, 0.717) is 6.42 Å². The molecule has 0 heterocycles. The molecule has 7 heteroatoms. The van der Waals surface area contributed by atoms with Crippen LogP contribution >= 0.6 is 7.37 Å². The van der Waals surface area contributed by atoms with Crippen LogP contribution in [0.3, 0.4) is 0 Å². The molecule has 1 aliphatic rings. The summed E-state index contributed by atoms with van der Waals surface area (Å²) in [6.45, 7) is 5.28. The molecule has 2 rings (SSSR count). The lowest BCUT2D eigenvalue weighted by Gasteiger charge is -2.43. The Kier molecular flexibility index (Phi) is 5.43. The number of nitrogens with one attached hydrogen (secondary N) is 1. The molecule has 1 aliphatic carbocycles. The van der Waals surface area contributed by atoms with Gasteiger partial charge in [-0.25, -0.2) is 4.79 Å². The van der Waals surface area contributed by atoms with Crippen LogP contribution in [-0.2, 0) is 25.5 Å². The predicted molar refractivity (Wildman–Crippen MR) is 92.1 cm³/mol. The quantitative estimate of drug-likeness (QED) is 0.807. The van der Waals surface area contributed by atoms with Crippen molar-refractivity contribution >= 4 is 13.5 Å². The summed E-state index contributed by atoms with van der Waals surface area (Å²) >= 11 is 0. The Bertz CT molecular complexity index is 647. The first-order valence-electron chi connectivity index (χ1n) is 8.03. The van der Waals surface area contributed by atoms with Gasteiger partial charge in [0.25, 0.3) is 7.37 Å². The third-order valence-corrected chi connectivity index (χ3v) is 6.92. The number of rotatable bonds is 4. The standard InChI is InChI=1S/C17H26NO5P/c1-16(2,3)23-15(20)18-17(24(21,12-19)22-4)11-7-9-13-8-5-6-10-14(13)17/h5-6,8,10,19H,7,9,11-12H2,1-4H3,(H,18,20). The fourth-order valence-corrected chi connectivity index (χ4v) is 5.20. The summed E-state index contributed by atoms with van der Waals surface area (Å²) in [6, 6.07) is 7.50. The van der Waals surface area contributed by atoms with E-state index < -0.39 is 30.7 Å². The van der Waals surface area contributed by atoms with Crippen molar-refractivity contribution in [3.05, 3.63) is 35.4 Å². The van der Waals surface area contributed by atoms with Gasteiger partial charge in [-0.2, -0.15) is 0 Å². The first-order valence-corrected chi connectivity index (χ1v) is 9.84. The molecular weight excluding hydrogens is 329 g/mol. The van der Waals surface area contributed by atoms with Crippen molar-refractivity contribution < 1.29 is 23.7 Å². The average molecular weight is 355 g/mol. The molecule has 0 bridgehead atoms. The highest BCUT2D eigenvalue weighted by Crippen LogP contribution is 2.65. The molecule has 0 saturated carbocycles. The zero-order valence-electron chi connectivity index (χ0n) is 14.7. The molecule has 2 N–H and O–H groups in total. The fourth-order valence-electron chi connectivity index (χ4n) is 3.19. The molecule has 0 fully saturated rings. The lowest BCUT2D eigenvalue weighted by atomic mass is 9.87. The largest absolute Gasteiger partial charge is 0.444 e. The van der Waals surface area contributed by atoms with Crippen molar-refractivity contribution in [2.75, 3.05) is 13.5 Å². The second kappa shape index (κ2) is 6.87. The van der Waals surface area contributed by atoms with E-state index in [1.807, 2.05) is 24.3 Å². The lowest BCUT2D eigenvalue weighted by Crippen LogP contribution is -2.50. The Labute approximate surface area is 143 Å². The van der Waals surface area contributed by atoms with E-state index in [2.05, 4.69) is 5.32 Å². The molecule has 134 valence electrons. The summed E-state index contributed by atoms with van der Waals surface area (Å²) in [5.41, 5.74) is 1.03. The van der Waals surface area contributed by atoms with Crippen LogP contribution in [0.5, 0.6) is 0 Å². The average Bonchev–Trinajstić information content (AvgIpc) is 2.52. The van der Waals surface area contributed by atoms with E-state index in [9.17, 15) is 14.5 Å². The maximum absolute atomic E-state index is 13.3. The van der Waals surface area contributed by atoms with Crippen LogP contribution < -0.4 is 5.32 Å². The normalized spacial score (nSPS) is 23.0. The van der Waals surface area contributed by atoms with Gasteiger partial charge in [0, 0.05) is 7.11 Å². The number of benzene rings is 1. The molecule has 0 radical (unpaired) electrons. The zero-order chi connectivity index (χ0) is 18.0. The van der Waals surface area contributed by atoms with Gasteiger partial charge in [-0.05, 0) is 51.2 Å². The number of carbonyl (C=O) groups excluding carboxylic acids is 1. The van der Waals surface area contributed by atoms with Crippen LogP contribution in [0.1, 0.15) is 44.7 Å². The van der Waals surface area contributed by atoms with Crippen LogP contribution in [0, 0.1) is 0 Å². The summed E-state index contributed by atoms with van der Waals surface area (Å²) in [7, 11) is -2.30. The first-order chi connectivity index (χ1) is 11.2. The van der Waals surface area contributed by atoms with Gasteiger partial charge in [0.2, 0.25) is 0 Å². The number of alkyl carbamates (subject to hydrolysis) is 1. The Morgan fingerprint density at radius 1 is 1.38 bits per heavy atom. The number of aliphatic hydroxyl groups is 1. The number of aryl methyl sites for hydroxylation is 1. The number of fused-ring (bicyclic) bond motifs is 1. The van der Waals surface area contributed by atoms with Crippen LogP contribution in [-0.4, -0.2) is 30.3 Å². The van der Waals surface area contributed by atoms with Gasteiger partial charge in [0.05, 0.1) is 0 Å². The number of ether oxygens (including phenoxy) is 1. The Balaban J connectivity index is 2.53. The van der Waals surface area contributed by atoms with Crippen molar-refractivity contribution in [1.29, 1.82) is 0 Å². The maximum Gasteiger partial charge on any atom is 0.408 e. The minimum Gasteiger partial charge on any atom is -0.444 e. The van der Waals surface area contributed by atoms with Gasteiger partial charge in [-0.1, -0.05) is 24.3 Å². The smallest absolute Gasteiger partial charge is 0.408 e. The summed E-state index contributed by atoms with van der Waals surface area (Å²) in [5, 5.41) is 11.3. The van der Waals surface area contributed by atoms with Crippen molar-refractivity contribution in [3.8, 4) is 0 Å². The number of aliphatic hydroxyl groups excluding tert-OH is 1. The highest BCUT2D eigenvalue weighted by molar-refractivity contribution is 7.60. The third kappa shape index (κ3) is 3.51. The van der Waals surface area contributed by atoms with Gasteiger partial charge in [0.1, 0.15) is 17.2 Å². The van der Waals surface area contributed by atoms with E-state index in [0.717, 1.165) is 24.0 Å². The minimum absolute atomic E-state index is 0.412. The second-order valence-electron chi connectivity index (χ2n) is 7.00. The maximum atomic E-state index is 13.3.